The molecule has 4 rings (SSSR count). The highest BCUT2D eigenvalue weighted by molar-refractivity contribution is 5.92. The van der Waals surface area contributed by atoms with E-state index in [4.69, 9.17) is 0 Å². The minimum Gasteiger partial charge on any atom is -0.353 e. The van der Waals surface area contributed by atoms with Gasteiger partial charge in [-0.2, -0.15) is 0 Å². The van der Waals surface area contributed by atoms with Crippen LogP contribution >= 0.6 is 0 Å². The van der Waals surface area contributed by atoms with E-state index >= 15 is 0 Å². The first kappa shape index (κ1) is 18.9. The molecule has 29 heavy (non-hydrogen) atoms. The number of carbonyl (C=O) groups excluding carboxylic acids is 1. The van der Waals surface area contributed by atoms with Crippen molar-refractivity contribution in [1.82, 2.24) is 19.4 Å². The molecule has 0 radical (unpaired) electrons. The van der Waals surface area contributed by atoms with E-state index in [0.717, 1.165) is 11.6 Å². The lowest BCUT2D eigenvalue weighted by atomic mass is 10.2. The van der Waals surface area contributed by atoms with E-state index in [0.29, 0.717) is 37.6 Å². The number of benzene rings is 1. The molecule has 3 aromatic rings. The van der Waals surface area contributed by atoms with Gasteiger partial charge in [-0.1, -0.05) is 18.2 Å². The smallest absolute Gasteiger partial charge is 0.246 e. The van der Waals surface area contributed by atoms with Crippen LogP contribution in [-0.4, -0.2) is 51.5 Å². The van der Waals surface area contributed by atoms with Crippen molar-refractivity contribution >= 4 is 17.8 Å². The van der Waals surface area contributed by atoms with Gasteiger partial charge in [-0.15, -0.1) is 0 Å². The lowest BCUT2D eigenvalue weighted by Crippen LogP contribution is -2.48. The number of aryl methyl sites for hydroxylation is 1. The molecule has 0 atom stereocenters. The highest BCUT2D eigenvalue weighted by Crippen LogP contribution is 2.18. The molecule has 7 heteroatoms. The van der Waals surface area contributed by atoms with Crippen molar-refractivity contribution in [1.29, 1.82) is 0 Å². The topological polar surface area (TPSA) is 54.3 Å². The highest BCUT2D eigenvalue weighted by Gasteiger charge is 2.21. The molecule has 6 nitrogen and oxygen atoms in total. The van der Waals surface area contributed by atoms with Crippen LogP contribution in [0.25, 0.3) is 11.9 Å². The van der Waals surface area contributed by atoms with Crippen molar-refractivity contribution < 1.29 is 9.18 Å². The van der Waals surface area contributed by atoms with Gasteiger partial charge < -0.3 is 14.4 Å². The molecule has 0 saturated carbocycles. The Hall–Kier alpha value is -3.48. The molecule has 2 aromatic heterocycles. The van der Waals surface area contributed by atoms with Crippen molar-refractivity contribution in [2.75, 3.05) is 31.1 Å². The average molecular weight is 391 g/mol. The predicted molar refractivity (Wildman–Crippen MR) is 110 cm³/mol. The number of amides is 1. The number of halogens is 1. The first-order valence-corrected chi connectivity index (χ1v) is 9.56. The summed E-state index contributed by atoms with van der Waals surface area (Å²) in [6.07, 6.45) is 6.86. The van der Waals surface area contributed by atoms with Crippen LogP contribution in [0.4, 0.5) is 10.2 Å². The fraction of sp³-hybridized carbons (Fsp3) is 0.227. The highest BCUT2D eigenvalue weighted by atomic mass is 19.1. The SMILES string of the molecule is Cc1nc(N2CCN(C(=O)/C=C/c3ccccc3F)CC2)cc(-n2cccc2)n1. The normalized spacial score (nSPS) is 14.6. The second kappa shape index (κ2) is 8.26. The number of anilines is 1. The summed E-state index contributed by atoms with van der Waals surface area (Å²) in [5.41, 5.74) is 0.411. The van der Waals surface area contributed by atoms with Gasteiger partial charge in [0.25, 0.3) is 0 Å². The third-order valence-corrected chi connectivity index (χ3v) is 4.91. The van der Waals surface area contributed by atoms with E-state index in [2.05, 4.69) is 14.9 Å². The van der Waals surface area contributed by atoms with Gasteiger partial charge in [-0.3, -0.25) is 4.79 Å². The molecule has 1 saturated heterocycles. The summed E-state index contributed by atoms with van der Waals surface area (Å²) >= 11 is 0. The van der Waals surface area contributed by atoms with E-state index < -0.39 is 0 Å². The molecule has 3 heterocycles. The summed E-state index contributed by atoms with van der Waals surface area (Å²) in [6, 6.07) is 12.3. The van der Waals surface area contributed by atoms with E-state index in [1.807, 2.05) is 42.1 Å². The van der Waals surface area contributed by atoms with Gasteiger partial charge in [-0.05, 0) is 31.2 Å². The minimum absolute atomic E-state index is 0.111. The van der Waals surface area contributed by atoms with Crippen LogP contribution in [0.3, 0.4) is 0 Å². The lowest BCUT2D eigenvalue weighted by Gasteiger charge is -2.35. The molecule has 148 valence electrons. The zero-order valence-corrected chi connectivity index (χ0v) is 16.2. The Morgan fingerprint density at radius 2 is 1.69 bits per heavy atom. The molecule has 0 N–H and O–H groups in total. The summed E-state index contributed by atoms with van der Waals surface area (Å²) in [5.74, 6) is 1.94. The molecular formula is C22H22FN5O. The van der Waals surface area contributed by atoms with Crippen LogP contribution in [0.2, 0.25) is 0 Å². The minimum atomic E-state index is -0.334. The quantitative estimate of drug-likeness (QED) is 0.642. The summed E-state index contributed by atoms with van der Waals surface area (Å²) in [4.78, 5) is 25.5. The van der Waals surface area contributed by atoms with Crippen molar-refractivity contribution in [2.45, 2.75) is 6.92 Å². The molecule has 1 aromatic carbocycles. The van der Waals surface area contributed by atoms with Crippen LogP contribution in [0, 0.1) is 12.7 Å². The van der Waals surface area contributed by atoms with Gasteiger partial charge in [0.1, 0.15) is 23.3 Å². The van der Waals surface area contributed by atoms with Gasteiger partial charge in [0.05, 0.1) is 0 Å². The standard InChI is InChI=1S/C22H22FN5O/c1-17-24-20(26-10-4-5-11-26)16-21(25-17)27-12-14-28(15-13-27)22(29)9-8-18-6-2-3-7-19(18)23/h2-11,16H,12-15H2,1H3/b9-8+. The summed E-state index contributed by atoms with van der Waals surface area (Å²) in [6.45, 7) is 4.41. The Labute approximate surface area is 168 Å². The molecule has 1 amide bonds. The summed E-state index contributed by atoms with van der Waals surface area (Å²) < 4.78 is 15.6. The molecular weight excluding hydrogens is 369 g/mol. The lowest BCUT2D eigenvalue weighted by molar-refractivity contribution is -0.126. The zero-order chi connectivity index (χ0) is 20.2. The molecule has 0 bridgehead atoms. The number of hydrogen-bond acceptors (Lipinski definition) is 4. The maximum Gasteiger partial charge on any atom is 0.246 e. The molecule has 0 unspecified atom stereocenters. The third-order valence-electron chi connectivity index (χ3n) is 4.91. The van der Waals surface area contributed by atoms with Crippen molar-refractivity contribution in [2.24, 2.45) is 0 Å². The largest absolute Gasteiger partial charge is 0.353 e. The Morgan fingerprint density at radius 3 is 2.41 bits per heavy atom. The van der Waals surface area contributed by atoms with Gasteiger partial charge in [0, 0.05) is 56.3 Å². The molecule has 1 fully saturated rings. The van der Waals surface area contributed by atoms with Crippen molar-refractivity contribution in [3.63, 3.8) is 0 Å². The van der Waals surface area contributed by atoms with Crippen molar-refractivity contribution in [3.8, 4) is 5.82 Å². The van der Waals surface area contributed by atoms with Gasteiger partial charge in [0.15, 0.2) is 0 Å². The number of carbonyl (C=O) groups is 1. The molecule has 1 aliphatic heterocycles. The second-order valence-electron chi connectivity index (χ2n) is 6.89. The van der Waals surface area contributed by atoms with Crippen LogP contribution < -0.4 is 4.90 Å². The second-order valence-corrected chi connectivity index (χ2v) is 6.89. The van der Waals surface area contributed by atoms with Crippen LogP contribution in [0.1, 0.15) is 11.4 Å². The average Bonchev–Trinajstić information content (AvgIpc) is 3.28. The van der Waals surface area contributed by atoms with E-state index in [9.17, 15) is 9.18 Å². The Morgan fingerprint density at radius 1 is 1.00 bits per heavy atom. The van der Waals surface area contributed by atoms with Crippen LogP contribution in [0.5, 0.6) is 0 Å². The Bertz CT molecular complexity index is 1020. The fourth-order valence-electron chi connectivity index (χ4n) is 3.35. The number of aromatic nitrogens is 3. The third kappa shape index (κ3) is 4.34. The van der Waals surface area contributed by atoms with E-state index in [1.54, 1.807) is 23.1 Å². The zero-order valence-electron chi connectivity index (χ0n) is 16.2. The van der Waals surface area contributed by atoms with Crippen LogP contribution in [0.15, 0.2) is 60.9 Å². The number of piperazine rings is 1. The van der Waals surface area contributed by atoms with Gasteiger partial charge in [-0.25, -0.2) is 14.4 Å². The predicted octanol–water partition coefficient (Wildman–Crippen LogP) is 3.08. The van der Waals surface area contributed by atoms with Gasteiger partial charge >= 0.3 is 0 Å². The maximum absolute atomic E-state index is 13.7. The number of nitrogens with zero attached hydrogens (tertiary/aromatic N) is 5. The number of hydrogen-bond donors (Lipinski definition) is 0. The number of rotatable bonds is 4. The summed E-state index contributed by atoms with van der Waals surface area (Å²) in [7, 11) is 0. The Kier molecular flexibility index (Phi) is 5.37. The maximum atomic E-state index is 13.7. The van der Waals surface area contributed by atoms with E-state index in [-0.39, 0.29) is 11.7 Å². The monoisotopic (exact) mass is 391 g/mol. The first-order valence-electron chi connectivity index (χ1n) is 9.56. The van der Waals surface area contributed by atoms with Gasteiger partial charge in [0.2, 0.25) is 5.91 Å². The summed E-state index contributed by atoms with van der Waals surface area (Å²) in [5, 5.41) is 0. The Balaban J connectivity index is 1.41. The molecule has 0 aliphatic carbocycles. The van der Waals surface area contributed by atoms with E-state index in [1.165, 1.54) is 18.2 Å². The van der Waals surface area contributed by atoms with Crippen molar-refractivity contribution in [3.05, 3.63) is 78.1 Å². The first-order chi connectivity index (χ1) is 14.1. The van der Waals surface area contributed by atoms with Crippen LogP contribution in [-0.2, 0) is 4.79 Å². The molecule has 1 aliphatic rings. The fourth-order valence-corrected chi connectivity index (χ4v) is 3.35. The molecule has 0 spiro atoms.